The van der Waals surface area contributed by atoms with E-state index in [4.69, 9.17) is 14.2 Å². The third kappa shape index (κ3) is 11.1. The number of ether oxygens (including phenoxy) is 3. The van der Waals surface area contributed by atoms with E-state index in [-0.39, 0.29) is 31.7 Å². The van der Waals surface area contributed by atoms with Gasteiger partial charge >= 0.3 is 0 Å². The molecule has 33 heavy (non-hydrogen) atoms. The number of aliphatic hydroxyl groups is 4. The van der Waals surface area contributed by atoms with Gasteiger partial charge in [-0.3, -0.25) is 4.79 Å². The zero-order chi connectivity index (χ0) is 24.3. The predicted octanol–water partition coefficient (Wildman–Crippen LogP) is 2.54. The Morgan fingerprint density at radius 1 is 1.06 bits per heavy atom. The van der Waals surface area contributed by atoms with Gasteiger partial charge in [0.15, 0.2) is 6.29 Å². The summed E-state index contributed by atoms with van der Waals surface area (Å²) in [5.74, 6) is 0.644. The number of methoxy groups -OCH3 is 1. The molecular formula is C25H50O8. The molecule has 8 nitrogen and oxygen atoms in total. The van der Waals surface area contributed by atoms with Crippen molar-refractivity contribution >= 4 is 5.78 Å². The van der Waals surface area contributed by atoms with Crippen molar-refractivity contribution in [3.63, 3.8) is 0 Å². The number of aliphatic hydroxyl groups excluding tert-OH is 4. The van der Waals surface area contributed by atoms with Gasteiger partial charge in [-0.05, 0) is 37.5 Å². The van der Waals surface area contributed by atoms with Gasteiger partial charge in [0, 0.05) is 38.6 Å². The minimum absolute atomic E-state index is 0. The minimum Gasteiger partial charge on any atom is -0.394 e. The smallest absolute Gasteiger partial charge is 0.163 e. The number of carbonyl (C=O) groups is 1. The van der Waals surface area contributed by atoms with Crippen molar-refractivity contribution in [2.24, 2.45) is 23.7 Å². The van der Waals surface area contributed by atoms with E-state index in [1.54, 1.807) is 14.0 Å². The molecule has 1 saturated carbocycles. The van der Waals surface area contributed by atoms with Crippen LogP contribution in [0.5, 0.6) is 0 Å². The molecule has 2 aliphatic rings. The fourth-order valence-corrected chi connectivity index (χ4v) is 4.26. The molecule has 8 heteroatoms. The molecule has 0 aromatic heterocycles. The largest absolute Gasteiger partial charge is 0.394 e. The Morgan fingerprint density at radius 2 is 1.70 bits per heavy atom. The van der Waals surface area contributed by atoms with Crippen molar-refractivity contribution in [1.29, 1.82) is 0 Å². The molecule has 0 aromatic rings. The van der Waals surface area contributed by atoms with E-state index in [1.165, 1.54) is 0 Å². The van der Waals surface area contributed by atoms with Crippen LogP contribution in [-0.2, 0) is 19.0 Å². The van der Waals surface area contributed by atoms with E-state index in [1.807, 2.05) is 0 Å². The van der Waals surface area contributed by atoms with E-state index < -0.39 is 36.6 Å². The number of Topliss-reactive ketones (excluding diaryl/α,β-unsaturated/α-hetero) is 1. The zero-order valence-electron chi connectivity index (χ0n) is 20.5. The van der Waals surface area contributed by atoms with Crippen LogP contribution >= 0.6 is 0 Å². The topological polar surface area (TPSA) is 126 Å². The highest BCUT2D eigenvalue weighted by atomic mass is 16.7. The highest BCUT2D eigenvalue weighted by Crippen LogP contribution is 2.34. The first-order chi connectivity index (χ1) is 15.1. The Balaban J connectivity index is 0.00000189. The van der Waals surface area contributed by atoms with Crippen molar-refractivity contribution in [3.05, 3.63) is 0 Å². The third-order valence-corrected chi connectivity index (χ3v) is 6.00. The van der Waals surface area contributed by atoms with Crippen LogP contribution in [0.3, 0.4) is 0 Å². The fraction of sp³-hybridized carbons (Fsp3) is 0.960. The number of hydrogen-bond acceptors (Lipinski definition) is 8. The van der Waals surface area contributed by atoms with Crippen LogP contribution in [0.4, 0.5) is 0 Å². The minimum atomic E-state index is -1.12. The normalized spacial score (nSPS) is 33.9. The summed E-state index contributed by atoms with van der Waals surface area (Å²) >= 11 is 0. The fourth-order valence-electron chi connectivity index (χ4n) is 4.26. The zero-order valence-corrected chi connectivity index (χ0v) is 20.5. The molecule has 2 fully saturated rings. The highest BCUT2D eigenvalue weighted by molar-refractivity contribution is 5.81. The van der Waals surface area contributed by atoms with Crippen LogP contribution in [0.15, 0.2) is 0 Å². The maximum atomic E-state index is 12.4. The van der Waals surface area contributed by atoms with E-state index in [2.05, 4.69) is 20.8 Å². The lowest BCUT2D eigenvalue weighted by molar-refractivity contribution is -0.282. The molecule has 0 spiro atoms. The number of ketones is 1. The molecule has 4 N–H and O–H groups in total. The van der Waals surface area contributed by atoms with Gasteiger partial charge in [0.1, 0.15) is 18.0 Å². The first-order valence-electron chi connectivity index (χ1n) is 12.1. The van der Waals surface area contributed by atoms with Gasteiger partial charge in [0.2, 0.25) is 0 Å². The van der Waals surface area contributed by atoms with Crippen LogP contribution in [0.2, 0.25) is 0 Å². The van der Waals surface area contributed by atoms with Crippen LogP contribution in [0.25, 0.3) is 0 Å². The van der Waals surface area contributed by atoms with Crippen LogP contribution in [-0.4, -0.2) is 83.8 Å². The summed E-state index contributed by atoms with van der Waals surface area (Å²) in [5, 5.41) is 38.9. The Kier molecular flexibility index (Phi) is 16.6. The van der Waals surface area contributed by atoms with Crippen LogP contribution in [0.1, 0.15) is 73.6 Å². The molecule has 198 valence electrons. The second-order valence-corrected chi connectivity index (χ2v) is 9.89. The summed E-state index contributed by atoms with van der Waals surface area (Å²) in [5.41, 5.74) is 0. The Hall–Kier alpha value is -0.610. The summed E-state index contributed by atoms with van der Waals surface area (Å²) in [6, 6.07) is 0. The molecule has 1 aliphatic carbocycles. The molecule has 0 radical (unpaired) electrons. The Bertz CT molecular complexity index is 510. The molecule has 1 heterocycles. The SMILES string of the molecule is C.CC(C)C.COC[C@@H]1C[C@@H](O)CC1C(=O)CCCCCO[C@@H]1OC(CO)[C@H](O)[C@H](O)C1C. The molecular weight excluding hydrogens is 428 g/mol. The monoisotopic (exact) mass is 478 g/mol. The number of hydrogen-bond donors (Lipinski definition) is 4. The van der Waals surface area contributed by atoms with Crippen molar-refractivity contribution in [3.8, 4) is 0 Å². The average molecular weight is 479 g/mol. The third-order valence-electron chi connectivity index (χ3n) is 6.00. The van der Waals surface area contributed by atoms with Crippen LogP contribution in [0, 0.1) is 23.7 Å². The van der Waals surface area contributed by atoms with Gasteiger partial charge < -0.3 is 34.6 Å². The van der Waals surface area contributed by atoms with E-state index in [0.29, 0.717) is 32.5 Å². The van der Waals surface area contributed by atoms with Crippen molar-refractivity contribution in [2.75, 3.05) is 26.9 Å². The molecule has 1 aliphatic heterocycles. The van der Waals surface area contributed by atoms with Crippen molar-refractivity contribution in [1.82, 2.24) is 0 Å². The number of unbranched alkanes of at least 4 members (excludes halogenated alkanes) is 2. The quantitative estimate of drug-likeness (QED) is 0.334. The first-order valence-corrected chi connectivity index (χ1v) is 12.1. The summed E-state index contributed by atoms with van der Waals surface area (Å²) in [7, 11) is 1.62. The summed E-state index contributed by atoms with van der Waals surface area (Å²) in [6.07, 6.45) is -0.0683. The Morgan fingerprint density at radius 3 is 2.27 bits per heavy atom. The summed E-state index contributed by atoms with van der Waals surface area (Å²) in [4.78, 5) is 12.4. The predicted molar refractivity (Wildman–Crippen MR) is 128 cm³/mol. The van der Waals surface area contributed by atoms with Crippen LogP contribution < -0.4 is 0 Å². The molecule has 8 atom stereocenters. The molecule has 0 bridgehead atoms. The summed E-state index contributed by atoms with van der Waals surface area (Å²) < 4.78 is 16.4. The van der Waals surface area contributed by atoms with Gasteiger partial charge in [0.05, 0.1) is 18.8 Å². The van der Waals surface area contributed by atoms with Crippen molar-refractivity contribution < 1.29 is 39.4 Å². The van der Waals surface area contributed by atoms with E-state index >= 15 is 0 Å². The average Bonchev–Trinajstić information content (AvgIpc) is 3.10. The molecule has 1 saturated heterocycles. The maximum absolute atomic E-state index is 12.4. The first kappa shape index (κ1) is 32.4. The Labute approximate surface area is 200 Å². The lowest BCUT2D eigenvalue weighted by atomic mass is 9.90. The molecule has 3 unspecified atom stereocenters. The standard InChI is InChI=1S/C20H36O8.C4H10.CH4/c1-12-18(24)19(25)17(10-21)28-20(12)27-7-5-3-4-6-16(23)15-9-14(22)8-13(15)11-26-2;1-4(2)3;/h12-15,17-22,24-25H,3-11H2,1-2H3;4H,1-3H3;1H4/t12?,13-,14+,15?,17?,18+,19-,20+;;/m0../s1. The van der Waals surface area contributed by atoms with Gasteiger partial charge in [-0.15, -0.1) is 0 Å². The number of rotatable bonds is 11. The van der Waals surface area contributed by atoms with E-state index in [9.17, 15) is 25.2 Å². The van der Waals surface area contributed by atoms with Crippen molar-refractivity contribution in [2.45, 2.75) is 104 Å². The molecule has 0 aromatic carbocycles. The lowest BCUT2D eigenvalue weighted by Crippen LogP contribution is -2.55. The summed E-state index contributed by atoms with van der Waals surface area (Å²) in [6.45, 7) is 8.78. The second-order valence-electron chi connectivity index (χ2n) is 9.89. The lowest BCUT2D eigenvalue weighted by Gasteiger charge is -2.40. The number of carbonyl (C=O) groups excluding carboxylic acids is 1. The maximum Gasteiger partial charge on any atom is 0.163 e. The van der Waals surface area contributed by atoms with Gasteiger partial charge in [0.25, 0.3) is 0 Å². The van der Waals surface area contributed by atoms with Gasteiger partial charge in [-0.25, -0.2) is 0 Å². The highest BCUT2D eigenvalue weighted by Gasteiger charge is 2.42. The molecule has 0 amide bonds. The molecule has 2 rings (SSSR count). The second kappa shape index (κ2) is 16.9. The van der Waals surface area contributed by atoms with E-state index in [0.717, 1.165) is 25.2 Å². The van der Waals surface area contributed by atoms with Gasteiger partial charge in [-0.2, -0.15) is 0 Å². The van der Waals surface area contributed by atoms with Gasteiger partial charge in [-0.1, -0.05) is 41.5 Å².